The van der Waals surface area contributed by atoms with Gasteiger partial charge in [-0.3, -0.25) is 4.79 Å². The summed E-state index contributed by atoms with van der Waals surface area (Å²) in [5.41, 5.74) is -0.687. The van der Waals surface area contributed by atoms with Crippen molar-refractivity contribution in [1.82, 2.24) is 9.78 Å². The Labute approximate surface area is 129 Å². The lowest BCUT2D eigenvalue weighted by Crippen LogP contribution is -2.07. The van der Waals surface area contributed by atoms with Crippen LogP contribution < -0.4 is 0 Å². The summed E-state index contributed by atoms with van der Waals surface area (Å²) in [6.45, 7) is 0. The Morgan fingerprint density at radius 2 is 1.80 bits per heavy atom. The normalized spacial score (nSPS) is 11.7. The first-order valence-electron chi connectivity index (χ1n) is 5.01. The molecule has 0 N–H and O–H groups in total. The molecule has 0 aliphatic carbocycles. The number of hydrogen-bond donors (Lipinski definition) is 0. The van der Waals surface area contributed by atoms with Crippen LogP contribution in [0.3, 0.4) is 0 Å². The molecular weight excluding hydrogens is 384 g/mol. The van der Waals surface area contributed by atoms with Gasteiger partial charge in [0.05, 0.1) is 27.4 Å². The van der Waals surface area contributed by atoms with Gasteiger partial charge in [0.15, 0.2) is 6.29 Å². The number of carbonyl (C=O) groups excluding carboxylic acids is 1. The van der Waals surface area contributed by atoms with Gasteiger partial charge in [0.2, 0.25) is 0 Å². The molecule has 2 aromatic rings. The van der Waals surface area contributed by atoms with E-state index in [4.69, 9.17) is 23.2 Å². The highest BCUT2D eigenvalue weighted by Gasteiger charge is 2.32. The molecule has 2 rings (SSSR count). The quantitative estimate of drug-likeness (QED) is 0.695. The van der Waals surface area contributed by atoms with Crippen LogP contribution in [0.15, 0.2) is 22.9 Å². The number of aldehydes is 1. The maximum Gasteiger partial charge on any atom is 0.416 e. The molecule has 106 valence electrons. The summed E-state index contributed by atoms with van der Waals surface area (Å²) in [4.78, 5) is 10.7. The fraction of sp³-hybridized carbons (Fsp3) is 0.0909. The molecule has 1 aromatic carbocycles. The second kappa shape index (κ2) is 5.38. The van der Waals surface area contributed by atoms with E-state index < -0.39 is 11.7 Å². The van der Waals surface area contributed by atoms with Crippen molar-refractivity contribution in [2.75, 3.05) is 0 Å². The van der Waals surface area contributed by atoms with Crippen molar-refractivity contribution in [2.24, 2.45) is 0 Å². The van der Waals surface area contributed by atoms with Crippen LogP contribution in [0.4, 0.5) is 13.2 Å². The molecule has 0 unspecified atom stereocenters. The Balaban J connectivity index is 2.64. The fourth-order valence-corrected chi connectivity index (χ4v) is 2.62. The van der Waals surface area contributed by atoms with E-state index in [1.54, 1.807) is 0 Å². The summed E-state index contributed by atoms with van der Waals surface area (Å²) >= 11 is 14.8. The number of rotatable bonds is 2. The van der Waals surface area contributed by atoms with Crippen LogP contribution in [-0.2, 0) is 6.18 Å². The number of hydrogen-bond acceptors (Lipinski definition) is 2. The molecule has 0 atom stereocenters. The largest absolute Gasteiger partial charge is 0.416 e. The van der Waals surface area contributed by atoms with Crippen LogP contribution >= 0.6 is 39.1 Å². The van der Waals surface area contributed by atoms with Gasteiger partial charge in [0.25, 0.3) is 0 Å². The van der Waals surface area contributed by atoms with E-state index in [9.17, 15) is 18.0 Å². The first kappa shape index (κ1) is 15.3. The molecule has 0 aliphatic heterocycles. The lowest BCUT2D eigenvalue weighted by molar-refractivity contribution is -0.137. The van der Waals surface area contributed by atoms with Gasteiger partial charge >= 0.3 is 6.18 Å². The van der Waals surface area contributed by atoms with E-state index in [-0.39, 0.29) is 25.9 Å². The third kappa shape index (κ3) is 2.70. The van der Waals surface area contributed by atoms with Crippen LogP contribution in [0, 0.1) is 0 Å². The molecule has 0 aliphatic rings. The van der Waals surface area contributed by atoms with E-state index in [0.717, 1.165) is 16.8 Å². The van der Waals surface area contributed by atoms with Crippen LogP contribution in [0.5, 0.6) is 0 Å². The minimum Gasteiger partial charge on any atom is -0.298 e. The van der Waals surface area contributed by atoms with E-state index in [1.165, 1.54) is 6.20 Å². The zero-order valence-electron chi connectivity index (χ0n) is 9.38. The number of nitrogens with zero attached hydrogens (tertiary/aromatic N) is 2. The highest BCUT2D eigenvalue weighted by molar-refractivity contribution is 9.10. The van der Waals surface area contributed by atoms with Gasteiger partial charge < -0.3 is 0 Å². The molecule has 9 heteroatoms. The molecule has 0 fully saturated rings. The third-order valence-electron chi connectivity index (χ3n) is 2.42. The molecule has 3 nitrogen and oxygen atoms in total. The standard InChI is InChI=1S/C11H4BrCl2F3N2O/c12-10-5(4-20)3-18-19(10)9-7(13)1-6(2-8(9)14)11(15,16)17/h1-4H. The van der Waals surface area contributed by atoms with Crippen molar-refractivity contribution in [3.8, 4) is 5.69 Å². The summed E-state index contributed by atoms with van der Waals surface area (Å²) in [6, 6.07) is 1.49. The van der Waals surface area contributed by atoms with Crippen molar-refractivity contribution < 1.29 is 18.0 Å². The van der Waals surface area contributed by atoms with Gasteiger partial charge in [-0.15, -0.1) is 0 Å². The minimum atomic E-state index is -4.55. The minimum absolute atomic E-state index is 0.0568. The molecule has 1 heterocycles. The molecule has 0 saturated heterocycles. The average molecular weight is 388 g/mol. The summed E-state index contributed by atoms with van der Waals surface area (Å²) in [7, 11) is 0. The van der Waals surface area contributed by atoms with Crippen LogP contribution in [0.1, 0.15) is 15.9 Å². The number of halogens is 6. The number of aromatic nitrogens is 2. The van der Waals surface area contributed by atoms with E-state index in [1.807, 2.05) is 0 Å². The zero-order chi connectivity index (χ0) is 15.1. The van der Waals surface area contributed by atoms with Crippen molar-refractivity contribution in [3.05, 3.63) is 44.1 Å². The average Bonchev–Trinajstić information content (AvgIpc) is 2.69. The fourth-order valence-electron chi connectivity index (χ4n) is 1.51. The van der Waals surface area contributed by atoms with E-state index >= 15 is 0 Å². The maximum atomic E-state index is 12.6. The summed E-state index contributed by atoms with van der Waals surface area (Å²) in [5, 5.41) is 3.40. The Morgan fingerprint density at radius 1 is 1.25 bits per heavy atom. The summed E-state index contributed by atoms with van der Waals surface area (Å²) < 4.78 is 39.3. The van der Waals surface area contributed by atoms with Gasteiger partial charge in [-0.25, -0.2) is 4.68 Å². The predicted molar refractivity (Wildman–Crippen MR) is 71.7 cm³/mol. The maximum absolute atomic E-state index is 12.6. The molecular formula is C11H4BrCl2F3N2O. The predicted octanol–water partition coefficient (Wildman–Crippen LogP) is 4.77. The Bertz CT molecular complexity index is 662. The second-order valence-electron chi connectivity index (χ2n) is 3.71. The number of benzene rings is 1. The third-order valence-corrected chi connectivity index (χ3v) is 3.79. The molecule has 0 bridgehead atoms. The Kier molecular flexibility index (Phi) is 4.13. The first-order valence-corrected chi connectivity index (χ1v) is 6.56. The smallest absolute Gasteiger partial charge is 0.298 e. The van der Waals surface area contributed by atoms with Crippen LogP contribution in [0.2, 0.25) is 10.0 Å². The Hall–Kier alpha value is -1.05. The van der Waals surface area contributed by atoms with Gasteiger partial charge in [-0.1, -0.05) is 23.2 Å². The number of carbonyl (C=O) groups is 1. The topological polar surface area (TPSA) is 34.9 Å². The van der Waals surface area contributed by atoms with Crippen molar-refractivity contribution in [3.63, 3.8) is 0 Å². The molecule has 0 spiro atoms. The Morgan fingerprint density at radius 3 is 2.20 bits per heavy atom. The van der Waals surface area contributed by atoms with E-state index in [0.29, 0.717) is 6.29 Å². The van der Waals surface area contributed by atoms with Gasteiger partial charge in [0.1, 0.15) is 10.3 Å². The zero-order valence-corrected chi connectivity index (χ0v) is 12.5. The highest BCUT2D eigenvalue weighted by Crippen LogP contribution is 2.38. The van der Waals surface area contributed by atoms with Crippen LogP contribution in [-0.4, -0.2) is 16.1 Å². The first-order chi connectivity index (χ1) is 9.25. The molecule has 20 heavy (non-hydrogen) atoms. The van der Waals surface area contributed by atoms with Gasteiger partial charge in [0, 0.05) is 0 Å². The molecule has 0 saturated carbocycles. The van der Waals surface area contributed by atoms with Crippen molar-refractivity contribution >= 4 is 45.4 Å². The number of alkyl halides is 3. The lowest BCUT2D eigenvalue weighted by Gasteiger charge is -2.13. The van der Waals surface area contributed by atoms with Gasteiger partial charge in [-0.05, 0) is 28.1 Å². The van der Waals surface area contributed by atoms with Gasteiger partial charge in [-0.2, -0.15) is 18.3 Å². The van der Waals surface area contributed by atoms with E-state index in [2.05, 4.69) is 21.0 Å². The SMILES string of the molecule is O=Cc1cnn(-c2c(Cl)cc(C(F)(F)F)cc2Cl)c1Br. The van der Waals surface area contributed by atoms with Crippen LogP contribution in [0.25, 0.3) is 5.69 Å². The molecule has 0 amide bonds. The lowest BCUT2D eigenvalue weighted by atomic mass is 10.2. The molecule has 0 radical (unpaired) electrons. The highest BCUT2D eigenvalue weighted by atomic mass is 79.9. The monoisotopic (exact) mass is 386 g/mol. The van der Waals surface area contributed by atoms with Crippen molar-refractivity contribution in [2.45, 2.75) is 6.18 Å². The summed E-state index contributed by atoms with van der Waals surface area (Å²) in [5.74, 6) is 0. The van der Waals surface area contributed by atoms with Crippen molar-refractivity contribution in [1.29, 1.82) is 0 Å². The summed E-state index contributed by atoms with van der Waals surface area (Å²) in [6.07, 6.45) is -2.78. The second-order valence-corrected chi connectivity index (χ2v) is 5.27. The molecule has 1 aromatic heterocycles.